The lowest BCUT2D eigenvalue weighted by molar-refractivity contribution is 0.213. The van der Waals surface area contributed by atoms with E-state index in [0.29, 0.717) is 5.02 Å². The fraction of sp³-hybridized carbons (Fsp3) is 0.0435. The molecule has 0 N–H and O–H groups in total. The molecule has 1 aliphatic rings. The lowest BCUT2D eigenvalue weighted by Crippen LogP contribution is -2.07. The van der Waals surface area contributed by atoms with Crippen molar-refractivity contribution >= 4 is 22.9 Å². The van der Waals surface area contributed by atoms with Gasteiger partial charge in [0.15, 0.2) is 0 Å². The first-order chi connectivity index (χ1) is 12.3. The van der Waals surface area contributed by atoms with Gasteiger partial charge in [0.05, 0.1) is 0 Å². The van der Waals surface area contributed by atoms with Gasteiger partial charge in [-0.1, -0.05) is 84.4 Å². The Morgan fingerprint density at radius 3 is 2.08 bits per heavy atom. The molecule has 0 saturated heterocycles. The molecule has 2 heteroatoms. The van der Waals surface area contributed by atoms with E-state index in [9.17, 15) is 0 Å². The van der Waals surface area contributed by atoms with Crippen LogP contribution in [0.3, 0.4) is 0 Å². The van der Waals surface area contributed by atoms with E-state index in [-0.39, 0.29) is 6.10 Å². The highest BCUT2D eigenvalue weighted by Crippen LogP contribution is 2.37. The summed E-state index contributed by atoms with van der Waals surface area (Å²) >= 11 is 6.18. The SMILES string of the molecule is Clc1cccc(C2C=C(c3ccccc3)C=C(c3ccccc3)O2)c1. The van der Waals surface area contributed by atoms with Gasteiger partial charge in [0.25, 0.3) is 0 Å². The Kier molecular flexibility index (Phi) is 4.41. The van der Waals surface area contributed by atoms with Crippen LogP contribution in [-0.2, 0) is 4.74 Å². The third-order valence-electron chi connectivity index (χ3n) is 4.21. The Balaban J connectivity index is 1.79. The number of hydrogen-bond donors (Lipinski definition) is 0. The van der Waals surface area contributed by atoms with E-state index in [0.717, 1.165) is 22.5 Å². The zero-order chi connectivity index (χ0) is 17.1. The highest BCUT2D eigenvalue weighted by atomic mass is 35.5. The van der Waals surface area contributed by atoms with Crippen molar-refractivity contribution in [2.24, 2.45) is 0 Å². The molecule has 0 amide bonds. The minimum Gasteiger partial charge on any atom is -0.481 e. The Labute approximate surface area is 152 Å². The van der Waals surface area contributed by atoms with Gasteiger partial charge in [-0.3, -0.25) is 0 Å². The highest BCUT2D eigenvalue weighted by Gasteiger charge is 2.20. The first-order valence-corrected chi connectivity index (χ1v) is 8.64. The van der Waals surface area contributed by atoms with Crippen LogP contribution in [0.15, 0.2) is 97.1 Å². The summed E-state index contributed by atoms with van der Waals surface area (Å²) in [5.41, 5.74) is 4.43. The molecule has 122 valence electrons. The van der Waals surface area contributed by atoms with Gasteiger partial charge in [-0.25, -0.2) is 0 Å². The fourth-order valence-corrected chi connectivity index (χ4v) is 3.17. The molecule has 0 bridgehead atoms. The Morgan fingerprint density at radius 1 is 0.720 bits per heavy atom. The number of allylic oxidation sites excluding steroid dienone is 2. The van der Waals surface area contributed by atoms with Crippen molar-refractivity contribution in [3.8, 4) is 0 Å². The Hall–Kier alpha value is -2.77. The smallest absolute Gasteiger partial charge is 0.143 e. The quantitative estimate of drug-likeness (QED) is 0.524. The van der Waals surface area contributed by atoms with E-state index in [1.807, 2.05) is 48.5 Å². The van der Waals surface area contributed by atoms with Gasteiger partial charge in [0.2, 0.25) is 0 Å². The van der Waals surface area contributed by atoms with Crippen molar-refractivity contribution < 1.29 is 4.74 Å². The third kappa shape index (κ3) is 3.52. The zero-order valence-corrected chi connectivity index (χ0v) is 14.4. The van der Waals surface area contributed by atoms with Crippen molar-refractivity contribution in [1.29, 1.82) is 0 Å². The number of rotatable bonds is 3. The highest BCUT2D eigenvalue weighted by molar-refractivity contribution is 6.30. The van der Waals surface area contributed by atoms with Gasteiger partial charge >= 0.3 is 0 Å². The van der Waals surface area contributed by atoms with Crippen LogP contribution in [0, 0.1) is 0 Å². The van der Waals surface area contributed by atoms with Gasteiger partial charge in [-0.15, -0.1) is 0 Å². The maximum Gasteiger partial charge on any atom is 0.143 e. The zero-order valence-electron chi connectivity index (χ0n) is 13.6. The van der Waals surface area contributed by atoms with E-state index in [4.69, 9.17) is 16.3 Å². The monoisotopic (exact) mass is 344 g/mol. The van der Waals surface area contributed by atoms with Crippen LogP contribution in [-0.4, -0.2) is 0 Å². The van der Waals surface area contributed by atoms with Crippen molar-refractivity contribution in [1.82, 2.24) is 0 Å². The summed E-state index contributed by atoms with van der Waals surface area (Å²) in [6, 6.07) is 28.4. The summed E-state index contributed by atoms with van der Waals surface area (Å²) < 4.78 is 6.29. The molecule has 0 spiro atoms. The molecule has 4 rings (SSSR count). The molecule has 1 heterocycles. The molecule has 1 atom stereocenters. The molecule has 0 fully saturated rings. The maximum absolute atomic E-state index is 6.29. The number of benzene rings is 3. The first-order valence-electron chi connectivity index (χ1n) is 8.26. The van der Waals surface area contributed by atoms with Gasteiger partial charge < -0.3 is 4.74 Å². The van der Waals surface area contributed by atoms with Crippen molar-refractivity contribution in [3.63, 3.8) is 0 Å². The van der Waals surface area contributed by atoms with Gasteiger partial charge in [-0.2, -0.15) is 0 Å². The molecule has 1 aliphatic heterocycles. The predicted octanol–water partition coefficient (Wildman–Crippen LogP) is 6.54. The molecule has 0 radical (unpaired) electrons. The molecule has 25 heavy (non-hydrogen) atoms. The third-order valence-corrected chi connectivity index (χ3v) is 4.45. The molecule has 0 aromatic heterocycles. The van der Waals surface area contributed by atoms with E-state index in [1.165, 1.54) is 5.56 Å². The summed E-state index contributed by atoms with van der Waals surface area (Å²) in [6.45, 7) is 0. The summed E-state index contributed by atoms with van der Waals surface area (Å²) in [5, 5.41) is 0.714. The lowest BCUT2D eigenvalue weighted by atomic mass is 9.96. The van der Waals surface area contributed by atoms with Crippen LogP contribution in [0.5, 0.6) is 0 Å². The van der Waals surface area contributed by atoms with E-state index in [1.54, 1.807) is 0 Å². The average molecular weight is 345 g/mol. The first kappa shape index (κ1) is 15.7. The van der Waals surface area contributed by atoms with Crippen LogP contribution in [0.1, 0.15) is 22.8 Å². The maximum atomic E-state index is 6.29. The van der Waals surface area contributed by atoms with Crippen LogP contribution < -0.4 is 0 Å². The summed E-state index contributed by atoms with van der Waals surface area (Å²) in [5.74, 6) is 0.868. The van der Waals surface area contributed by atoms with Gasteiger partial charge in [0, 0.05) is 10.6 Å². The average Bonchev–Trinajstić information content (AvgIpc) is 2.69. The number of halogens is 1. The van der Waals surface area contributed by atoms with Gasteiger partial charge in [0.1, 0.15) is 11.9 Å². The Morgan fingerprint density at radius 2 is 1.40 bits per heavy atom. The van der Waals surface area contributed by atoms with Crippen LogP contribution in [0.4, 0.5) is 0 Å². The summed E-state index contributed by atoms with van der Waals surface area (Å²) in [6.07, 6.45) is 4.08. The molecule has 1 unspecified atom stereocenters. The molecule has 0 saturated carbocycles. The normalized spacial score (nSPS) is 16.6. The van der Waals surface area contributed by atoms with E-state index in [2.05, 4.69) is 48.6 Å². The number of ether oxygens (including phenoxy) is 1. The number of hydrogen-bond acceptors (Lipinski definition) is 1. The van der Waals surface area contributed by atoms with E-state index >= 15 is 0 Å². The molecular formula is C23H17ClO. The second-order valence-electron chi connectivity index (χ2n) is 5.96. The molecule has 3 aromatic carbocycles. The van der Waals surface area contributed by atoms with Crippen molar-refractivity contribution in [3.05, 3.63) is 119 Å². The predicted molar refractivity (Wildman–Crippen MR) is 104 cm³/mol. The minimum absolute atomic E-state index is 0.172. The van der Waals surface area contributed by atoms with Crippen LogP contribution in [0.2, 0.25) is 5.02 Å². The lowest BCUT2D eigenvalue weighted by Gasteiger charge is -2.24. The standard InChI is InChI=1S/C23H17ClO/c24-21-13-7-12-19(14-21)23-16-20(17-8-3-1-4-9-17)15-22(25-23)18-10-5-2-6-11-18/h1-16,23H. The summed E-state index contributed by atoms with van der Waals surface area (Å²) in [7, 11) is 0. The second kappa shape index (κ2) is 7.00. The van der Waals surface area contributed by atoms with Crippen LogP contribution >= 0.6 is 11.6 Å². The molecule has 1 nitrogen and oxygen atoms in total. The van der Waals surface area contributed by atoms with Crippen molar-refractivity contribution in [2.45, 2.75) is 6.10 Å². The topological polar surface area (TPSA) is 9.23 Å². The Bertz CT molecular complexity index is 927. The molecule has 3 aromatic rings. The summed E-state index contributed by atoms with van der Waals surface area (Å²) in [4.78, 5) is 0. The van der Waals surface area contributed by atoms with Gasteiger partial charge in [-0.05, 0) is 41.0 Å². The van der Waals surface area contributed by atoms with E-state index < -0.39 is 0 Å². The molecule has 0 aliphatic carbocycles. The van der Waals surface area contributed by atoms with Crippen LogP contribution in [0.25, 0.3) is 11.3 Å². The molecular weight excluding hydrogens is 328 g/mol. The second-order valence-corrected chi connectivity index (χ2v) is 6.39. The largest absolute Gasteiger partial charge is 0.481 e. The fourth-order valence-electron chi connectivity index (χ4n) is 2.97. The minimum atomic E-state index is -0.172. The van der Waals surface area contributed by atoms with Crippen molar-refractivity contribution in [2.75, 3.05) is 0 Å².